The van der Waals surface area contributed by atoms with Crippen LogP contribution in [0.15, 0.2) is 0 Å². The maximum atomic E-state index is 11.6. The number of aliphatic hydroxyl groups excluding tert-OH is 2. The fourth-order valence-electron chi connectivity index (χ4n) is 13.6. The molecule has 0 aromatic carbocycles. The van der Waals surface area contributed by atoms with E-state index in [0.717, 1.165) is 103 Å². The van der Waals surface area contributed by atoms with Crippen LogP contribution in [-0.4, -0.2) is 72.7 Å². The van der Waals surface area contributed by atoms with Crippen LogP contribution in [0.1, 0.15) is 214 Å². The van der Waals surface area contributed by atoms with E-state index in [1.54, 1.807) is 12.8 Å². The van der Waals surface area contributed by atoms with Crippen LogP contribution < -0.4 is 18.9 Å². The van der Waals surface area contributed by atoms with Crippen LogP contribution in [0.2, 0.25) is 0 Å². The number of unbranched alkanes of at least 4 members (excludes halogenated alkanes) is 1. The van der Waals surface area contributed by atoms with E-state index in [1.807, 2.05) is 6.92 Å². The van der Waals surface area contributed by atoms with E-state index in [-0.39, 0.29) is 49.8 Å². The van der Waals surface area contributed by atoms with Crippen molar-refractivity contribution >= 4 is 29.5 Å². The van der Waals surface area contributed by atoms with Gasteiger partial charge in [0.1, 0.15) is 0 Å². The summed E-state index contributed by atoms with van der Waals surface area (Å²) in [6.07, 6.45) is 42.8. The molecule has 7 rings (SSSR count). The molecule has 7 nitrogen and oxygen atoms in total. The van der Waals surface area contributed by atoms with Gasteiger partial charge in [-0.15, -0.1) is 0 Å². The molecule has 8 unspecified atom stereocenters. The second-order valence-corrected chi connectivity index (χ2v) is 20.7. The number of ether oxygens (including phenoxy) is 2. The van der Waals surface area contributed by atoms with Gasteiger partial charge in [-0.1, -0.05) is 64.7 Å². The first-order chi connectivity index (χ1) is 28.9. The summed E-state index contributed by atoms with van der Waals surface area (Å²) >= 11 is 0. The molecular weight excluding hydrogens is 770 g/mol. The van der Waals surface area contributed by atoms with Gasteiger partial charge in [0.2, 0.25) is 0 Å². The van der Waals surface area contributed by atoms with Crippen LogP contribution in [0.25, 0.3) is 0 Å². The van der Waals surface area contributed by atoms with Crippen molar-refractivity contribution in [1.29, 1.82) is 0 Å². The molecule has 9 heteroatoms. The van der Waals surface area contributed by atoms with E-state index >= 15 is 0 Å². The van der Waals surface area contributed by atoms with Gasteiger partial charge in [-0.05, 0) is 213 Å². The Morgan fingerprint density at radius 3 is 1.28 bits per heavy atom. The molecule has 0 amide bonds. The van der Waals surface area contributed by atoms with Crippen molar-refractivity contribution in [2.45, 2.75) is 213 Å². The summed E-state index contributed by atoms with van der Waals surface area (Å²) in [6.45, 7) is 7.52. The van der Waals surface area contributed by atoms with Crippen LogP contribution in [0.4, 0.5) is 0 Å². The first-order valence-corrected chi connectivity index (χ1v) is 25.8. The maximum Gasteiger partial charge on any atom is 1.00 e. The molecule has 2 N–H and O–H groups in total. The molecule has 350 valence electrons. The van der Waals surface area contributed by atoms with Gasteiger partial charge in [0.15, 0.2) is 17.4 Å². The summed E-state index contributed by atoms with van der Waals surface area (Å²) in [4.78, 5) is 27.8. The number of carbonyl (C=O) groups excluding carboxylic acids is 3. The van der Waals surface area contributed by atoms with E-state index in [2.05, 4.69) is 6.92 Å². The molecule has 61 heavy (non-hydrogen) atoms. The van der Waals surface area contributed by atoms with E-state index in [4.69, 9.17) is 29.3 Å². The Labute approximate surface area is 398 Å². The SMILES string of the molecule is C1CCOC1.CCCCC1CCC2CC(C3CCC(CCC(=O)OCC)CC3)CCC2C1.O=C=O.OCCCC1CCC(C2CCC3CC(CCCO)CCC3C2)CC1.[AlH3].[H-].[Li+]. The third-order valence-electron chi connectivity index (χ3n) is 17.0. The Kier molecular flexibility index (Phi) is 32.0. The molecule has 7 aliphatic rings. The van der Waals surface area contributed by atoms with E-state index in [1.165, 1.54) is 161 Å². The molecule has 0 aromatic heterocycles. The number of carbonyl (C=O) groups is 1. The van der Waals surface area contributed by atoms with Crippen LogP contribution in [0.5, 0.6) is 0 Å². The van der Waals surface area contributed by atoms with Crippen molar-refractivity contribution in [2.24, 2.45) is 71.0 Å². The molecule has 0 aromatic rings. The Bertz CT molecular complexity index is 1110. The average Bonchev–Trinajstić information content (AvgIpc) is 3.88. The largest absolute Gasteiger partial charge is 1.00 e. The third kappa shape index (κ3) is 21.4. The molecule has 1 aliphatic heterocycles. The van der Waals surface area contributed by atoms with Crippen LogP contribution in [0, 0.1) is 71.0 Å². The minimum Gasteiger partial charge on any atom is -1.00 e. The summed E-state index contributed by atoms with van der Waals surface area (Å²) in [5.74, 6) is 11.9. The fraction of sp³-hybridized carbons (Fsp3) is 0.962. The van der Waals surface area contributed by atoms with Gasteiger partial charge in [-0.25, -0.2) is 0 Å². The van der Waals surface area contributed by atoms with Crippen molar-refractivity contribution in [1.82, 2.24) is 0 Å². The molecule has 0 bridgehead atoms. The molecule has 8 atom stereocenters. The standard InChI is InChI=1S/C25H44O2.C22H40O2.C4H8O.CO2.Al.Li.4H/c1-3-5-6-20-9-13-24-18-23(15-14-22(24)17-20)21-11-7-19(8-12-21)10-16-25(26)27-4-2;23-13-1-3-17-5-8-19(9-6-17)21-12-11-20-15-18(4-2-14-24)7-10-22(20)16-21;1-2-4-5-3-1;2-1-3;;;;;;/h19-24H,3-18H2,1-2H3;17-24H,1-16H2;1-4H2;;;;;;;/q;;;;;+1;;;;-1. The first-order valence-electron chi connectivity index (χ1n) is 25.8. The molecule has 1 heterocycles. The summed E-state index contributed by atoms with van der Waals surface area (Å²) in [7, 11) is 0. The van der Waals surface area contributed by atoms with Gasteiger partial charge in [-0.3, -0.25) is 4.79 Å². The number of rotatable bonds is 15. The Hall–Kier alpha value is -0.140. The van der Waals surface area contributed by atoms with Crippen molar-refractivity contribution in [3.8, 4) is 0 Å². The Balaban J connectivity index is 0.000000507. The van der Waals surface area contributed by atoms with Gasteiger partial charge in [0.25, 0.3) is 0 Å². The van der Waals surface area contributed by atoms with Crippen molar-refractivity contribution in [3.63, 3.8) is 0 Å². The van der Waals surface area contributed by atoms with Crippen molar-refractivity contribution in [3.05, 3.63) is 0 Å². The van der Waals surface area contributed by atoms with E-state index < -0.39 is 0 Å². The van der Waals surface area contributed by atoms with Crippen LogP contribution in [0.3, 0.4) is 0 Å². The molecule has 1 saturated heterocycles. The number of hydrogen-bond donors (Lipinski definition) is 2. The van der Waals surface area contributed by atoms with Gasteiger partial charge < -0.3 is 21.1 Å². The van der Waals surface area contributed by atoms with Crippen LogP contribution in [-0.2, 0) is 23.9 Å². The first kappa shape index (κ1) is 57.0. The average molecular weight is 867 g/mol. The second-order valence-electron chi connectivity index (χ2n) is 20.7. The van der Waals surface area contributed by atoms with Gasteiger partial charge in [-0.2, -0.15) is 9.59 Å². The summed E-state index contributed by atoms with van der Waals surface area (Å²) < 4.78 is 10.0. The van der Waals surface area contributed by atoms with Gasteiger partial charge in [0, 0.05) is 32.8 Å². The molecule has 6 aliphatic carbocycles. The quantitative estimate of drug-likeness (QED) is 0.126. The zero-order chi connectivity index (χ0) is 42.1. The summed E-state index contributed by atoms with van der Waals surface area (Å²) in [5, 5.41) is 18.1. The molecule has 7 fully saturated rings. The maximum absolute atomic E-state index is 11.6. The smallest absolute Gasteiger partial charge is 1.00 e. The zero-order valence-corrected chi connectivity index (χ0v) is 39.3. The van der Waals surface area contributed by atoms with Crippen molar-refractivity contribution in [2.75, 3.05) is 33.0 Å². The second kappa shape index (κ2) is 34.2. The minimum absolute atomic E-state index is 0. The monoisotopic (exact) mass is 867 g/mol. The van der Waals surface area contributed by atoms with Gasteiger partial charge >= 0.3 is 31.0 Å². The Morgan fingerprint density at radius 1 is 0.541 bits per heavy atom. The molecule has 6 saturated carbocycles. The van der Waals surface area contributed by atoms with E-state index in [0.29, 0.717) is 26.2 Å². The van der Waals surface area contributed by atoms with Crippen LogP contribution >= 0.6 is 0 Å². The summed E-state index contributed by atoms with van der Waals surface area (Å²) in [6, 6.07) is 0. The molecule has 0 radical (unpaired) electrons. The predicted octanol–water partition coefficient (Wildman–Crippen LogP) is 8.48. The summed E-state index contributed by atoms with van der Waals surface area (Å²) in [5.41, 5.74) is 0. The number of aliphatic hydroxyl groups is 2. The predicted molar refractivity (Wildman–Crippen MR) is 248 cm³/mol. The fourth-order valence-corrected chi connectivity index (χ4v) is 13.6. The number of esters is 1. The zero-order valence-electron chi connectivity index (χ0n) is 40.3. The number of hydrogen-bond acceptors (Lipinski definition) is 7. The van der Waals surface area contributed by atoms with E-state index in [9.17, 15) is 4.79 Å². The minimum atomic E-state index is 0. The molecular formula is C52H96AlLiO7. The van der Waals surface area contributed by atoms with Gasteiger partial charge in [0.05, 0.1) is 6.61 Å². The topological polar surface area (TPSA) is 110 Å². The normalized spacial score (nSPS) is 34.2. The molecule has 0 spiro atoms. The van der Waals surface area contributed by atoms with Crippen molar-refractivity contribution < 1.29 is 54.4 Å². The Morgan fingerprint density at radius 2 is 0.885 bits per heavy atom. The third-order valence-corrected chi connectivity index (χ3v) is 17.0. The number of fused-ring (bicyclic) bond motifs is 2.